The van der Waals surface area contributed by atoms with Gasteiger partial charge in [-0.25, -0.2) is 4.79 Å². The number of hydrogen-bond donors (Lipinski definition) is 0. The van der Waals surface area contributed by atoms with E-state index in [-0.39, 0.29) is 23.5 Å². The number of amides is 2. The minimum Gasteiger partial charge on any atom is -0.330 e. The Morgan fingerprint density at radius 1 is 1.00 bits per heavy atom. The Balaban J connectivity index is 1.48. The zero-order valence-corrected chi connectivity index (χ0v) is 15.3. The second-order valence-corrected chi connectivity index (χ2v) is 7.53. The highest BCUT2D eigenvalue weighted by molar-refractivity contribution is 6.20. The van der Waals surface area contributed by atoms with Crippen LogP contribution < -0.4 is 0 Å². The highest BCUT2D eigenvalue weighted by atomic mass is 16.7. The first-order chi connectivity index (χ1) is 13.0. The van der Waals surface area contributed by atoms with Gasteiger partial charge in [-0.2, -0.15) is 0 Å². The number of carbonyl (C=O) groups is 3. The fourth-order valence-corrected chi connectivity index (χ4v) is 4.20. The van der Waals surface area contributed by atoms with E-state index in [1.165, 1.54) is 5.56 Å². The molecule has 0 spiro atoms. The molecular formula is C22H21NO4. The number of carbonyl (C=O) groups excluding carboxylic acids is 3. The van der Waals surface area contributed by atoms with Crippen LogP contribution in [0.5, 0.6) is 0 Å². The van der Waals surface area contributed by atoms with Crippen molar-refractivity contribution in [2.24, 2.45) is 5.92 Å². The highest BCUT2D eigenvalue weighted by Crippen LogP contribution is 2.46. The quantitative estimate of drug-likeness (QED) is 0.769. The summed E-state index contributed by atoms with van der Waals surface area (Å²) in [7, 11) is 0. The number of fused-ring (bicyclic) bond motifs is 2. The lowest BCUT2D eigenvalue weighted by Crippen LogP contribution is -2.33. The van der Waals surface area contributed by atoms with Gasteiger partial charge in [-0.05, 0) is 47.4 Å². The van der Waals surface area contributed by atoms with E-state index < -0.39 is 17.8 Å². The van der Waals surface area contributed by atoms with Crippen LogP contribution in [-0.4, -0.2) is 22.8 Å². The molecule has 2 atom stereocenters. The van der Waals surface area contributed by atoms with E-state index in [0.717, 1.165) is 12.0 Å². The number of nitrogens with zero attached hydrogens (tertiary/aromatic N) is 1. The largest absolute Gasteiger partial charge is 0.333 e. The third-order valence-corrected chi connectivity index (χ3v) is 5.54. The number of hydrogen-bond acceptors (Lipinski definition) is 4. The number of hydroxylamine groups is 2. The topological polar surface area (TPSA) is 63.7 Å². The maximum absolute atomic E-state index is 12.5. The van der Waals surface area contributed by atoms with Gasteiger partial charge in [-0.3, -0.25) is 9.59 Å². The summed E-state index contributed by atoms with van der Waals surface area (Å²) < 4.78 is 0. The predicted octanol–water partition coefficient (Wildman–Crippen LogP) is 4.06. The number of imide groups is 1. The van der Waals surface area contributed by atoms with Crippen LogP contribution >= 0.6 is 0 Å². The van der Waals surface area contributed by atoms with E-state index in [1.807, 2.05) is 12.1 Å². The van der Waals surface area contributed by atoms with Gasteiger partial charge in [0, 0.05) is 0 Å². The van der Waals surface area contributed by atoms with Gasteiger partial charge in [0.25, 0.3) is 11.8 Å². The fourth-order valence-electron chi connectivity index (χ4n) is 4.20. The first-order valence-electron chi connectivity index (χ1n) is 9.24. The van der Waals surface area contributed by atoms with Gasteiger partial charge in [0.05, 0.1) is 17.5 Å². The SMILES string of the molecule is CC(C)[C@@H]1C[C@H](CC(=O)ON2C(=O)c3ccccc3C2=O)c2ccccc21. The lowest BCUT2D eigenvalue weighted by molar-refractivity contribution is -0.169. The van der Waals surface area contributed by atoms with Crippen molar-refractivity contribution in [1.29, 1.82) is 0 Å². The standard InChI is InChI=1S/C22H21NO4/c1-13(2)19-11-14(15-7-3-4-8-16(15)19)12-20(24)27-23-21(25)17-9-5-6-10-18(17)22(23)26/h3-10,13-14,19H,11-12H2,1-2H3/t14-,19+/m1/s1. The van der Waals surface area contributed by atoms with Gasteiger partial charge in [0.2, 0.25) is 0 Å². The van der Waals surface area contributed by atoms with Crippen molar-refractivity contribution in [1.82, 2.24) is 5.06 Å². The van der Waals surface area contributed by atoms with Crippen molar-refractivity contribution >= 4 is 17.8 Å². The summed E-state index contributed by atoms with van der Waals surface area (Å²) in [6, 6.07) is 14.6. The summed E-state index contributed by atoms with van der Waals surface area (Å²) in [6.45, 7) is 4.36. The van der Waals surface area contributed by atoms with Crippen LogP contribution in [0.2, 0.25) is 0 Å². The summed E-state index contributed by atoms with van der Waals surface area (Å²) in [5.74, 6) is -0.821. The molecule has 0 N–H and O–H groups in total. The Morgan fingerprint density at radius 3 is 2.15 bits per heavy atom. The van der Waals surface area contributed by atoms with Crippen molar-refractivity contribution in [3.8, 4) is 0 Å². The van der Waals surface area contributed by atoms with Crippen molar-refractivity contribution in [2.75, 3.05) is 0 Å². The molecule has 5 heteroatoms. The van der Waals surface area contributed by atoms with Crippen molar-refractivity contribution in [3.63, 3.8) is 0 Å². The number of rotatable bonds is 4. The molecule has 0 aromatic heterocycles. The molecule has 2 aliphatic rings. The first kappa shape index (κ1) is 17.5. The van der Waals surface area contributed by atoms with Gasteiger partial charge in [-0.15, -0.1) is 0 Å². The first-order valence-corrected chi connectivity index (χ1v) is 9.24. The molecule has 4 rings (SSSR count). The van der Waals surface area contributed by atoms with Crippen LogP contribution in [0.15, 0.2) is 48.5 Å². The van der Waals surface area contributed by atoms with Crippen LogP contribution in [0.4, 0.5) is 0 Å². The van der Waals surface area contributed by atoms with E-state index in [4.69, 9.17) is 4.84 Å². The van der Waals surface area contributed by atoms with Crippen molar-refractivity contribution in [3.05, 3.63) is 70.8 Å². The molecule has 0 radical (unpaired) electrons. The van der Waals surface area contributed by atoms with Gasteiger partial charge < -0.3 is 4.84 Å². The maximum atomic E-state index is 12.5. The Labute approximate surface area is 157 Å². The summed E-state index contributed by atoms with van der Waals surface area (Å²) in [5, 5.41) is 0.591. The molecule has 27 heavy (non-hydrogen) atoms. The van der Waals surface area contributed by atoms with Crippen LogP contribution in [0.1, 0.15) is 70.4 Å². The molecule has 2 amide bonds. The zero-order valence-electron chi connectivity index (χ0n) is 15.3. The molecule has 2 aromatic carbocycles. The van der Waals surface area contributed by atoms with E-state index in [1.54, 1.807) is 24.3 Å². The van der Waals surface area contributed by atoms with Gasteiger partial charge in [-0.1, -0.05) is 55.3 Å². The minimum atomic E-state index is -0.587. The lowest BCUT2D eigenvalue weighted by Gasteiger charge is -2.17. The summed E-state index contributed by atoms with van der Waals surface area (Å²) in [6.07, 6.45) is 1.02. The molecule has 138 valence electrons. The van der Waals surface area contributed by atoms with Crippen LogP contribution in [0, 0.1) is 5.92 Å². The predicted molar refractivity (Wildman–Crippen MR) is 99.0 cm³/mol. The highest BCUT2D eigenvalue weighted by Gasteiger charge is 2.40. The second-order valence-electron chi connectivity index (χ2n) is 7.53. The fraction of sp³-hybridized carbons (Fsp3) is 0.318. The van der Waals surface area contributed by atoms with Gasteiger partial charge in [0.1, 0.15) is 0 Å². The molecule has 1 heterocycles. The van der Waals surface area contributed by atoms with E-state index in [0.29, 0.717) is 16.9 Å². The van der Waals surface area contributed by atoms with Gasteiger partial charge in [0.15, 0.2) is 0 Å². The molecule has 0 saturated carbocycles. The molecule has 2 aromatic rings. The van der Waals surface area contributed by atoms with E-state index in [9.17, 15) is 14.4 Å². The Kier molecular flexibility index (Phi) is 4.30. The molecule has 0 saturated heterocycles. The Hall–Kier alpha value is -2.95. The maximum Gasteiger partial charge on any atom is 0.333 e. The van der Waals surface area contributed by atoms with Crippen molar-refractivity contribution < 1.29 is 19.2 Å². The van der Waals surface area contributed by atoms with Crippen LogP contribution in [-0.2, 0) is 9.63 Å². The number of benzene rings is 2. The lowest BCUT2D eigenvalue weighted by atomic mass is 9.89. The monoisotopic (exact) mass is 363 g/mol. The smallest absolute Gasteiger partial charge is 0.330 e. The average Bonchev–Trinajstić information content (AvgIpc) is 3.14. The molecule has 0 fully saturated rings. The van der Waals surface area contributed by atoms with E-state index >= 15 is 0 Å². The third kappa shape index (κ3) is 2.93. The molecule has 0 unspecified atom stereocenters. The average molecular weight is 363 g/mol. The molecular weight excluding hydrogens is 342 g/mol. The van der Waals surface area contributed by atoms with E-state index in [2.05, 4.69) is 26.0 Å². The normalized spacial score (nSPS) is 20.8. The molecule has 1 aliphatic carbocycles. The second kappa shape index (κ2) is 6.65. The molecule has 0 bridgehead atoms. The summed E-state index contributed by atoms with van der Waals surface area (Å²) >= 11 is 0. The van der Waals surface area contributed by atoms with Crippen LogP contribution in [0.25, 0.3) is 0 Å². The Bertz CT molecular complexity index is 898. The van der Waals surface area contributed by atoms with Crippen LogP contribution in [0.3, 0.4) is 0 Å². The zero-order chi connectivity index (χ0) is 19.1. The summed E-state index contributed by atoms with van der Waals surface area (Å²) in [4.78, 5) is 42.4. The van der Waals surface area contributed by atoms with Crippen molar-refractivity contribution in [2.45, 2.75) is 38.5 Å². The molecule has 1 aliphatic heterocycles. The minimum absolute atomic E-state index is 0.0382. The Morgan fingerprint density at radius 2 is 1.56 bits per heavy atom. The summed E-state index contributed by atoms with van der Waals surface area (Å²) in [5.41, 5.74) is 2.98. The molecule has 5 nitrogen and oxygen atoms in total. The van der Waals surface area contributed by atoms with Gasteiger partial charge >= 0.3 is 5.97 Å². The third-order valence-electron chi connectivity index (χ3n) is 5.54.